The first-order valence-corrected chi connectivity index (χ1v) is 6.05. The van der Waals surface area contributed by atoms with Crippen LogP contribution >= 0.6 is 0 Å². The Morgan fingerprint density at radius 3 is 2.65 bits per heavy atom. The summed E-state index contributed by atoms with van der Waals surface area (Å²) in [5.41, 5.74) is 2.57. The van der Waals surface area contributed by atoms with Crippen LogP contribution in [0.25, 0.3) is 5.65 Å². The Morgan fingerprint density at radius 2 is 1.95 bits per heavy atom. The van der Waals surface area contributed by atoms with Gasteiger partial charge in [-0.15, -0.1) is 5.10 Å². The molecule has 0 atom stereocenters. The van der Waals surface area contributed by atoms with Crippen LogP contribution in [-0.4, -0.2) is 25.7 Å². The lowest BCUT2D eigenvalue weighted by atomic mass is 10.2. The highest BCUT2D eigenvalue weighted by Gasteiger charge is 2.09. The van der Waals surface area contributed by atoms with Crippen LogP contribution in [0.15, 0.2) is 42.6 Å². The first-order chi connectivity index (χ1) is 9.61. The zero-order valence-electron chi connectivity index (χ0n) is 10.7. The van der Waals surface area contributed by atoms with Gasteiger partial charge in [-0.1, -0.05) is 17.7 Å². The SMILES string of the molecule is Cc1ccc(Nc2ccc3nc(C(=O)O)cn3n2)cc1. The molecule has 0 aliphatic rings. The number of aromatic carboxylic acids is 1. The molecule has 2 heterocycles. The third-order valence-electron chi connectivity index (χ3n) is 2.86. The van der Waals surface area contributed by atoms with Crippen LogP contribution in [0.4, 0.5) is 11.5 Å². The van der Waals surface area contributed by atoms with Gasteiger partial charge in [-0.25, -0.2) is 14.3 Å². The van der Waals surface area contributed by atoms with Gasteiger partial charge in [0, 0.05) is 5.69 Å². The van der Waals surface area contributed by atoms with E-state index in [9.17, 15) is 4.79 Å². The normalized spacial score (nSPS) is 10.7. The number of rotatable bonds is 3. The van der Waals surface area contributed by atoms with Crippen molar-refractivity contribution >= 4 is 23.1 Å². The smallest absolute Gasteiger partial charge is 0.356 e. The van der Waals surface area contributed by atoms with E-state index < -0.39 is 5.97 Å². The highest BCUT2D eigenvalue weighted by molar-refractivity contribution is 5.86. The van der Waals surface area contributed by atoms with Gasteiger partial charge >= 0.3 is 5.97 Å². The predicted octanol–water partition coefficient (Wildman–Crippen LogP) is 2.48. The summed E-state index contributed by atoms with van der Waals surface area (Å²) in [5, 5.41) is 16.3. The molecule has 6 heteroatoms. The molecule has 0 fully saturated rings. The fraction of sp³-hybridized carbons (Fsp3) is 0.0714. The number of carbonyl (C=O) groups is 1. The molecule has 1 aromatic carbocycles. The second-order valence-electron chi connectivity index (χ2n) is 4.44. The topological polar surface area (TPSA) is 79.5 Å². The predicted molar refractivity (Wildman–Crippen MR) is 74.4 cm³/mol. The number of anilines is 2. The van der Waals surface area contributed by atoms with Crippen LogP contribution in [0.1, 0.15) is 16.1 Å². The highest BCUT2D eigenvalue weighted by Crippen LogP contribution is 2.15. The number of fused-ring (bicyclic) bond motifs is 1. The number of aryl methyl sites for hydroxylation is 1. The van der Waals surface area contributed by atoms with Crippen molar-refractivity contribution < 1.29 is 9.90 Å². The van der Waals surface area contributed by atoms with Crippen LogP contribution in [-0.2, 0) is 0 Å². The number of aromatic nitrogens is 3. The molecule has 0 aliphatic heterocycles. The summed E-state index contributed by atoms with van der Waals surface area (Å²) in [5.74, 6) is -0.445. The van der Waals surface area contributed by atoms with E-state index in [-0.39, 0.29) is 5.69 Å². The van der Waals surface area contributed by atoms with E-state index in [2.05, 4.69) is 15.4 Å². The first-order valence-electron chi connectivity index (χ1n) is 6.05. The second kappa shape index (κ2) is 4.65. The number of hydrogen-bond donors (Lipinski definition) is 2. The molecule has 0 saturated heterocycles. The molecule has 3 aromatic rings. The molecule has 0 bridgehead atoms. The van der Waals surface area contributed by atoms with Crippen molar-refractivity contribution in [3.05, 3.63) is 53.9 Å². The zero-order valence-corrected chi connectivity index (χ0v) is 10.7. The Hall–Kier alpha value is -2.89. The van der Waals surface area contributed by atoms with Crippen molar-refractivity contribution in [3.63, 3.8) is 0 Å². The molecule has 0 unspecified atom stereocenters. The molecule has 0 spiro atoms. The molecule has 0 amide bonds. The van der Waals surface area contributed by atoms with E-state index in [1.807, 2.05) is 31.2 Å². The molecule has 0 aliphatic carbocycles. The van der Waals surface area contributed by atoms with Gasteiger partial charge in [0.25, 0.3) is 0 Å². The first kappa shape index (κ1) is 12.2. The standard InChI is InChI=1S/C14H12N4O2/c1-9-2-4-10(5-3-9)15-12-6-7-13-16-11(14(19)20)8-18(13)17-12/h2-8H,1H3,(H,15,17)(H,19,20). The minimum absolute atomic E-state index is 0.0232. The molecular formula is C14H12N4O2. The average Bonchev–Trinajstić information content (AvgIpc) is 2.85. The number of benzene rings is 1. The number of imidazole rings is 1. The van der Waals surface area contributed by atoms with Crippen molar-refractivity contribution in [2.75, 3.05) is 5.32 Å². The van der Waals surface area contributed by atoms with Crippen LogP contribution in [0, 0.1) is 6.92 Å². The van der Waals surface area contributed by atoms with Crippen LogP contribution in [0.3, 0.4) is 0 Å². The summed E-state index contributed by atoms with van der Waals surface area (Å²) in [6.07, 6.45) is 1.39. The molecule has 0 radical (unpaired) electrons. The van der Waals surface area contributed by atoms with Crippen LogP contribution < -0.4 is 5.32 Å². The Labute approximate surface area is 114 Å². The maximum Gasteiger partial charge on any atom is 0.356 e. The lowest BCUT2D eigenvalue weighted by molar-refractivity contribution is 0.0691. The Kier molecular flexibility index (Phi) is 2.83. The Balaban J connectivity index is 1.92. The highest BCUT2D eigenvalue weighted by atomic mass is 16.4. The quantitative estimate of drug-likeness (QED) is 0.762. The minimum atomic E-state index is -1.07. The number of hydrogen-bond acceptors (Lipinski definition) is 4. The summed E-state index contributed by atoms with van der Waals surface area (Å²) >= 11 is 0. The van der Waals surface area contributed by atoms with Crippen molar-refractivity contribution in [1.82, 2.24) is 14.6 Å². The molecule has 2 N–H and O–H groups in total. The fourth-order valence-corrected chi connectivity index (χ4v) is 1.84. The molecular weight excluding hydrogens is 256 g/mol. The van der Waals surface area contributed by atoms with Gasteiger partial charge in [-0.05, 0) is 31.2 Å². The Bertz CT molecular complexity index is 777. The number of carboxylic acids is 1. The van der Waals surface area contributed by atoms with Gasteiger partial charge in [-0.2, -0.15) is 0 Å². The summed E-state index contributed by atoms with van der Waals surface area (Å²) in [7, 11) is 0. The maximum atomic E-state index is 10.9. The van der Waals surface area contributed by atoms with E-state index in [1.54, 1.807) is 12.1 Å². The summed E-state index contributed by atoms with van der Waals surface area (Å²) in [6.45, 7) is 2.02. The number of carboxylic acid groups (broad SMARTS) is 1. The van der Waals surface area contributed by atoms with Gasteiger partial charge in [0.2, 0.25) is 0 Å². The Morgan fingerprint density at radius 1 is 1.20 bits per heavy atom. The van der Waals surface area contributed by atoms with E-state index in [0.29, 0.717) is 11.5 Å². The van der Waals surface area contributed by atoms with Gasteiger partial charge in [0.05, 0.1) is 6.20 Å². The maximum absolute atomic E-state index is 10.9. The van der Waals surface area contributed by atoms with Crippen molar-refractivity contribution in [3.8, 4) is 0 Å². The average molecular weight is 268 g/mol. The largest absolute Gasteiger partial charge is 0.476 e. The van der Waals surface area contributed by atoms with Gasteiger partial charge in [0.1, 0.15) is 0 Å². The number of nitrogens with zero attached hydrogens (tertiary/aromatic N) is 3. The molecule has 2 aromatic heterocycles. The number of nitrogens with one attached hydrogen (secondary N) is 1. The van der Waals surface area contributed by atoms with Crippen molar-refractivity contribution in [2.24, 2.45) is 0 Å². The lowest BCUT2D eigenvalue weighted by Crippen LogP contribution is -1.98. The summed E-state index contributed by atoms with van der Waals surface area (Å²) < 4.78 is 1.44. The lowest BCUT2D eigenvalue weighted by Gasteiger charge is -2.05. The minimum Gasteiger partial charge on any atom is -0.476 e. The van der Waals surface area contributed by atoms with Crippen molar-refractivity contribution in [1.29, 1.82) is 0 Å². The molecule has 3 rings (SSSR count). The van der Waals surface area contributed by atoms with E-state index in [0.717, 1.165) is 5.69 Å². The second-order valence-corrected chi connectivity index (χ2v) is 4.44. The van der Waals surface area contributed by atoms with Crippen LogP contribution in [0.2, 0.25) is 0 Å². The van der Waals surface area contributed by atoms with Gasteiger partial charge < -0.3 is 10.4 Å². The molecule has 6 nitrogen and oxygen atoms in total. The third kappa shape index (κ3) is 2.31. The molecule has 100 valence electrons. The summed E-state index contributed by atoms with van der Waals surface area (Å²) in [4.78, 5) is 14.8. The third-order valence-corrected chi connectivity index (χ3v) is 2.86. The van der Waals surface area contributed by atoms with Crippen molar-refractivity contribution in [2.45, 2.75) is 6.92 Å². The van der Waals surface area contributed by atoms with Crippen LogP contribution in [0.5, 0.6) is 0 Å². The summed E-state index contributed by atoms with van der Waals surface area (Å²) in [6, 6.07) is 11.4. The molecule has 0 saturated carbocycles. The van der Waals surface area contributed by atoms with E-state index in [4.69, 9.17) is 5.11 Å². The zero-order chi connectivity index (χ0) is 14.1. The fourth-order valence-electron chi connectivity index (χ4n) is 1.84. The molecule has 20 heavy (non-hydrogen) atoms. The van der Waals surface area contributed by atoms with Gasteiger partial charge in [-0.3, -0.25) is 0 Å². The van der Waals surface area contributed by atoms with E-state index in [1.165, 1.54) is 16.3 Å². The van der Waals surface area contributed by atoms with Gasteiger partial charge in [0.15, 0.2) is 17.2 Å². The van der Waals surface area contributed by atoms with E-state index >= 15 is 0 Å². The monoisotopic (exact) mass is 268 g/mol.